The van der Waals surface area contributed by atoms with E-state index in [1.807, 2.05) is 0 Å². The lowest BCUT2D eigenvalue weighted by molar-refractivity contribution is -0.385. The highest BCUT2D eigenvalue weighted by Gasteiger charge is 2.35. The third-order valence-electron chi connectivity index (χ3n) is 3.29. The summed E-state index contributed by atoms with van der Waals surface area (Å²) in [4.78, 5) is 35.6. The Balaban J connectivity index is 2.54. The van der Waals surface area contributed by atoms with Gasteiger partial charge in [-0.05, 0) is 6.92 Å². The Morgan fingerprint density at radius 2 is 1.70 bits per heavy atom. The van der Waals surface area contributed by atoms with E-state index in [2.05, 4.69) is 0 Å². The molecule has 0 radical (unpaired) electrons. The Hall–Kier alpha value is -3.02. The minimum Gasteiger partial charge on any atom is -0.465 e. The van der Waals surface area contributed by atoms with Gasteiger partial charge >= 0.3 is 5.97 Å². The number of esters is 1. The van der Waals surface area contributed by atoms with Crippen LogP contribution in [0.2, 0.25) is 0 Å². The molecule has 118 valence electrons. The first kappa shape index (κ1) is 16.4. The van der Waals surface area contributed by atoms with Crippen LogP contribution in [0.15, 0.2) is 54.6 Å². The van der Waals surface area contributed by atoms with Crippen molar-refractivity contribution in [3.8, 4) is 0 Å². The number of rotatable bonds is 6. The highest BCUT2D eigenvalue weighted by molar-refractivity contribution is 6.13. The lowest BCUT2D eigenvalue weighted by Crippen LogP contribution is -2.25. The predicted molar refractivity (Wildman–Crippen MR) is 83.2 cm³/mol. The average Bonchev–Trinajstić information content (AvgIpc) is 2.56. The second kappa shape index (κ2) is 7.31. The summed E-state index contributed by atoms with van der Waals surface area (Å²) >= 11 is 0. The largest absolute Gasteiger partial charge is 0.465 e. The van der Waals surface area contributed by atoms with E-state index in [-0.39, 0.29) is 17.9 Å². The smallest absolute Gasteiger partial charge is 0.321 e. The zero-order valence-electron chi connectivity index (χ0n) is 12.5. The van der Waals surface area contributed by atoms with Gasteiger partial charge in [0.15, 0.2) is 11.7 Å². The van der Waals surface area contributed by atoms with E-state index < -0.39 is 22.6 Å². The van der Waals surface area contributed by atoms with Gasteiger partial charge in [-0.15, -0.1) is 0 Å². The number of nitrogens with zero attached hydrogens (tertiary/aromatic N) is 1. The summed E-state index contributed by atoms with van der Waals surface area (Å²) in [7, 11) is 0. The van der Waals surface area contributed by atoms with E-state index in [1.54, 1.807) is 43.3 Å². The molecule has 2 aromatic carbocycles. The van der Waals surface area contributed by atoms with Crippen LogP contribution in [0.5, 0.6) is 0 Å². The molecule has 0 bridgehead atoms. The molecule has 2 rings (SSSR count). The molecule has 0 fully saturated rings. The Kier molecular flexibility index (Phi) is 5.19. The van der Waals surface area contributed by atoms with E-state index in [0.29, 0.717) is 5.56 Å². The molecule has 0 N–H and O–H groups in total. The van der Waals surface area contributed by atoms with Crippen LogP contribution < -0.4 is 0 Å². The van der Waals surface area contributed by atoms with Crippen LogP contribution >= 0.6 is 0 Å². The molecule has 2 aromatic rings. The molecule has 6 heteroatoms. The molecule has 0 aliphatic carbocycles. The maximum atomic E-state index is 12.7. The number of Topliss-reactive ketones (excluding diaryl/α,β-unsaturated/α-hetero) is 1. The average molecular weight is 313 g/mol. The van der Waals surface area contributed by atoms with Gasteiger partial charge in [0.1, 0.15) is 0 Å². The summed E-state index contributed by atoms with van der Waals surface area (Å²) in [5, 5.41) is 11.2. The van der Waals surface area contributed by atoms with Crippen molar-refractivity contribution in [2.75, 3.05) is 6.61 Å². The summed E-state index contributed by atoms with van der Waals surface area (Å²) in [5.74, 6) is -2.69. The number of carbonyl (C=O) groups excluding carboxylic acids is 2. The number of hydrogen-bond acceptors (Lipinski definition) is 5. The molecule has 0 saturated carbocycles. The van der Waals surface area contributed by atoms with Gasteiger partial charge in [0.25, 0.3) is 5.69 Å². The quantitative estimate of drug-likeness (QED) is 0.269. The van der Waals surface area contributed by atoms with Gasteiger partial charge in [0, 0.05) is 11.6 Å². The van der Waals surface area contributed by atoms with E-state index in [0.717, 1.165) is 0 Å². The lowest BCUT2D eigenvalue weighted by atomic mass is 9.89. The first-order valence-electron chi connectivity index (χ1n) is 7.05. The Bertz CT molecular complexity index is 727. The van der Waals surface area contributed by atoms with Gasteiger partial charge in [-0.25, -0.2) is 0 Å². The van der Waals surface area contributed by atoms with E-state index in [1.165, 1.54) is 18.2 Å². The van der Waals surface area contributed by atoms with Gasteiger partial charge in [0.2, 0.25) is 0 Å². The second-order valence-electron chi connectivity index (χ2n) is 4.73. The van der Waals surface area contributed by atoms with Crippen LogP contribution in [-0.4, -0.2) is 23.3 Å². The Morgan fingerprint density at radius 3 is 2.30 bits per heavy atom. The van der Waals surface area contributed by atoms with Gasteiger partial charge in [-0.3, -0.25) is 19.7 Å². The molecule has 0 spiro atoms. The van der Waals surface area contributed by atoms with Crippen LogP contribution in [0.3, 0.4) is 0 Å². The molecule has 0 amide bonds. The van der Waals surface area contributed by atoms with Gasteiger partial charge in [-0.2, -0.15) is 0 Å². The maximum absolute atomic E-state index is 12.7. The second-order valence-corrected chi connectivity index (χ2v) is 4.73. The summed E-state index contributed by atoms with van der Waals surface area (Å²) < 4.78 is 4.95. The fourth-order valence-electron chi connectivity index (χ4n) is 2.27. The van der Waals surface area contributed by atoms with Crippen LogP contribution in [0.4, 0.5) is 5.69 Å². The highest BCUT2D eigenvalue weighted by atomic mass is 16.6. The molecule has 0 aromatic heterocycles. The molecule has 1 atom stereocenters. The number of nitro benzene ring substituents is 1. The van der Waals surface area contributed by atoms with Crippen LogP contribution in [0, 0.1) is 10.1 Å². The standard InChI is InChI=1S/C17H15NO5/c1-2-23-17(20)15(16(19)12-8-4-3-5-9-12)13-10-6-7-11-14(13)18(21)22/h3-11,15H,2H2,1H3/t15-/m1/s1. The fraction of sp³-hybridized carbons (Fsp3) is 0.176. The zero-order chi connectivity index (χ0) is 16.8. The topological polar surface area (TPSA) is 86.5 Å². The predicted octanol–water partition coefficient (Wildman–Crippen LogP) is 3.12. The number of nitro groups is 1. The highest BCUT2D eigenvalue weighted by Crippen LogP contribution is 2.30. The van der Waals surface area contributed by atoms with Crippen molar-refractivity contribution in [1.29, 1.82) is 0 Å². The molecule has 0 aliphatic heterocycles. The summed E-state index contributed by atoms with van der Waals surface area (Å²) in [6.45, 7) is 1.69. The van der Waals surface area contributed by atoms with Crippen molar-refractivity contribution in [3.05, 3.63) is 75.8 Å². The van der Waals surface area contributed by atoms with Gasteiger partial charge in [-0.1, -0.05) is 48.5 Å². The minimum atomic E-state index is -1.36. The lowest BCUT2D eigenvalue weighted by Gasteiger charge is -2.15. The molecule has 0 aliphatic rings. The van der Waals surface area contributed by atoms with Crippen molar-refractivity contribution in [3.63, 3.8) is 0 Å². The van der Waals surface area contributed by atoms with Gasteiger partial charge in [0.05, 0.1) is 17.1 Å². The third-order valence-corrected chi connectivity index (χ3v) is 3.29. The van der Waals surface area contributed by atoms with Crippen LogP contribution in [0.25, 0.3) is 0 Å². The van der Waals surface area contributed by atoms with Crippen molar-refractivity contribution >= 4 is 17.4 Å². The summed E-state index contributed by atoms with van der Waals surface area (Å²) in [6.07, 6.45) is 0. The number of benzene rings is 2. The number of carbonyl (C=O) groups is 2. The van der Waals surface area contributed by atoms with E-state index >= 15 is 0 Å². The molecule has 0 saturated heterocycles. The molecule has 0 unspecified atom stereocenters. The third kappa shape index (κ3) is 3.60. The SMILES string of the molecule is CCOC(=O)[C@@H](C(=O)c1ccccc1)c1ccccc1[N+](=O)[O-]. The number of para-hydroxylation sites is 1. The van der Waals surface area contributed by atoms with Gasteiger partial charge < -0.3 is 4.74 Å². The Labute approximate surface area is 132 Å². The van der Waals surface area contributed by atoms with Crippen molar-refractivity contribution < 1.29 is 19.2 Å². The van der Waals surface area contributed by atoms with Crippen molar-refractivity contribution in [2.24, 2.45) is 0 Å². The first-order valence-corrected chi connectivity index (χ1v) is 7.05. The molecular weight excluding hydrogens is 298 g/mol. The number of hydrogen-bond donors (Lipinski definition) is 0. The summed E-state index contributed by atoms with van der Waals surface area (Å²) in [5.41, 5.74) is 0.0448. The normalized spacial score (nSPS) is 11.5. The molecule has 6 nitrogen and oxygen atoms in total. The molecule has 0 heterocycles. The fourth-order valence-corrected chi connectivity index (χ4v) is 2.27. The molecular formula is C17H15NO5. The van der Waals surface area contributed by atoms with Crippen molar-refractivity contribution in [1.82, 2.24) is 0 Å². The molecule has 23 heavy (non-hydrogen) atoms. The van der Waals surface area contributed by atoms with Crippen molar-refractivity contribution in [2.45, 2.75) is 12.8 Å². The zero-order valence-corrected chi connectivity index (χ0v) is 12.5. The van der Waals surface area contributed by atoms with E-state index in [4.69, 9.17) is 4.74 Å². The van der Waals surface area contributed by atoms with Crippen LogP contribution in [0.1, 0.15) is 28.8 Å². The van der Waals surface area contributed by atoms with E-state index in [9.17, 15) is 19.7 Å². The summed E-state index contributed by atoms with van der Waals surface area (Å²) in [6, 6.07) is 13.9. The van der Waals surface area contributed by atoms with Crippen LogP contribution in [-0.2, 0) is 9.53 Å². The monoisotopic (exact) mass is 313 g/mol. The maximum Gasteiger partial charge on any atom is 0.321 e. The minimum absolute atomic E-state index is 0.0322. The Morgan fingerprint density at radius 1 is 1.09 bits per heavy atom. The first-order chi connectivity index (χ1) is 11.1. The number of ether oxygens (including phenoxy) is 1. The number of ketones is 1.